The Bertz CT molecular complexity index is 153. The summed E-state index contributed by atoms with van der Waals surface area (Å²) in [6.45, 7) is 12.8. The Labute approximate surface area is 95.7 Å². The molecule has 0 saturated heterocycles. The van der Waals surface area contributed by atoms with Gasteiger partial charge in [-0.2, -0.15) is 0 Å². The fourth-order valence-electron chi connectivity index (χ4n) is 2.19. The zero-order valence-electron chi connectivity index (χ0n) is 11.2. The standard InChI is InChI=1S/C13H29NO/c1-6-9-10-11-12(15)13(4,5)14(7-2)8-3/h12,15H,6-11H2,1-5H3. The molecule has 1 unspecified atom stereocenters. The van der Waals surface area contributed by atoms with E-state index >= 15 is 0 Å². The van der Waals surface area contributed by atoms with Crippen molar-refractivity contribution in [2.45, 2.75) is 71.9 Å². The second-order valence-corrected chi connectivity index (χ2v) is 4.84. The van der Waals surface area contributed by atoms with Crippen LogP contribution in [0.1, 0.15) is 60.3 Å². The summed E-state index contributed by atoms with van der Waals surface area (Å²) in [5.74, 6) is 0. The van der Waals surface area contributed by atoms with E-state index in [0.29, 0.717) is 0 Å². The van der Waals surface area contributed by atoms with Gasteiger partial charge in [0.05, 0.1) is 6.10 Å². The summed E-state index contributed by atoms with van der Waals surface area (Å²) in [6.07, 6.45) is 4.31. The lowest BCUT2D eigenvalue weighted by Crippen LogP contribution is -2.52. The summed E-state index contributed by atoms with van der Waals surface area (Å²) in [4.78, 5) is 2.34. The van der Waals surface area contributed by atoms with Crippen LogP contribution in [-0.4, -0.2) is 34.7 Å². The molecule has 0 radical (unpaired) electrons. The molecule has 2 nitrogen and oxygen atoms in total. The minimum Gasteiger partial charge on any atom is -0.391 e. The van der Waals surface area contributed by atoms with Gasteiger partial charge in [-0.25, -0.2) is 0 Å². The Balaban J connectivity index is 4.16. The van der Waals surface area contributed by atoms with Gasteiger partial charge in [0.25, 0.3) is 0 Å². The van der Waals surface area contributed by atoms with E-state index in [1.807, 2.05) is 0 Å². The van der Waals surface area contributed by atoms with E-state index in [9.17, 15) is 5.11 Å². The summed E-state index contributed by atoms with van der Waals surface area (Å²) >= 11 is 0. The third-order valence-corrected chi connectivity index (χ3v) is 3.48. The highest BCUT2D eigenvalue weighted by Crippen LogP contribution is 2.22. The molecular formula is C13H29NO. The predicted octanol–water partition coefficient (Wildman–Crippen LogP) is 3.05. The minimum absolute atomic E-state index is 0.0861. The van der Waals surface area contributed by atoms with Gasteiger partial charge >= 0.3 is 0 Å². The molecule has 0 amide bonds. The second kappa shape index (κ2) is 7.24. The monoisotopic (exact) mass is 215 g/mol. The van der Waals surface area contributed by atoms with E-state index in [0.717, 1.165) is 25.9 Å². The van der Waals surface area contributed by atoms with Gasteiger partial charge in [0.2, 0.25) is 0 Å². The lowest BCUT2D eigenvalue weighted by molar-refractivity contribution is -0.0103. The smallest absolute Gasteiger partial charge is 0.0718 e. The lowest BCUT2D eigenvalue weighted by Gasteiger charge is -2.41. The molecule has 0 aromatic rings. The van der Waals surface area contributed by atoms with Crippen LogP contribution >= 0.6 is 0 Å². The van der Waals surface area contributed by atoms with E-state index in [2.05, 4.69) is 39.5 Å². The van der Waals surface area contributed by atoms with E-state index in [-0.39, 0.29) is 11.6 Å². The molecule has 0 aromatic carbocycles. The number of likely N-dealkylation sites (N-methyl/N-ethyl adjacent to an activating group) is 1. The van der Waals surface area contributed by atoms with Crippen molar-refractivity contribution in [1.82, 2.24) is 4.90 Å². The van der Waals surface area contributed by atoms with Gasteiger partial charge in [-0.3, -0.25) is 4.90 Å². The molecule has 0 heterocycles. The van der Waals surface area contributed by atoms with Crippen LogP contribution in [0.4, 0.5) is 0 Å². The van der Waals surface area contributed by atoms with E-state index in [1.54, 1.807) is 0 Å². The number of hydrogen-bond donors (Lipinski definition) is 1. The topological polar surface area (TPSA) is 23.5 Å². The van der Waals surface area contributed by atoms with Gasteiger partial charge in [0.1, 0.15) is 0 Å². The Hall–Kier alpha value is -0.0800. The van der Waals surface area contributed by atoms with Crippen LogP contribution in [0.2, 0.25) is 0 Å². The van der Waals surface area contributed by atoms with Gasteiger partial charge in [-0.15, -0.1) is 0 Å². The fourth-order valence-corrected chi connectivity index (χ4v) is 2.19. The molecule has 0 aliphatic rings. The van der Waals surface area contributed by atoms with Crippen molar-refractivity contribution in [3.63, 3.8) is 0 Å². The SMILES string of the molecule is CCCCCC(O)C(C)(C)N(CC)CC. The first-order valence-electron chi connectivity index (χ1n) is 6.43. The van der Waals surface area contributed by atoms with E-state index in [4.69, 9.17) is 0 Å². The predicted molar refractivity (Wildman–Crippen MR) is 67.1 cm³/mol. The Morgan fingerprint density at radius 3 is 2.00 bits per heavy atom. The average molecular weight is 215 g/mol. The Kier molecular flexibility index (Phi) is 7.20. The zero-order valence-corrected chi connectivity index (χ0v) is 11.2. The maximum atomic E-state index is 10.2. The molecular weight excluding hydrogens is 186 g/mol. The van der Waals surface area contributed by atoms with Crippen molar-refractivity contribution in [2.75, 3.05) is 13.1 Å². The van der Waals surface area contributed by atoms with Crippen molar-refractivity contribution < 1.29 is 5.11 Å². The largest absolute Gasteiger partial charge is 0.391 e. The minimum atomic E-state index is -0.205. The summed E-state index contributed by atoms with van der Waals surface area (Å²) in [6, 6.07) is 0. The molecule has 1 N–H and O–H groups in total. The molecule has 0 fully saturated rings. The molecule has 92 valence electrons. The van der Waals surface area contributed by atoms with Crippen LogP contribution in [0.5, 0.6) is 0 Å². The highest BCUT2D eigenvalue weighted by Gasteiger charge is 2.31. The van der Waals surface area contributed by atoms with Crippen LogP contribution in [0, 0.1) is 0 Å². The quantitative estimate of drug-likeness (QED) is 0.629. The Morgan fingerprint density at radius 2 is 1.60 bits per heavy atom. The van der Waals surface area contributed by atoms with Gasteiger partial charge < -0.3 is 5.11 Å². The first-order valence-corrected chi connectivity index (χ1v) is 6.43. The molecule has 0 aliphatic heterocycles. The summed E-state index contributed by atoms with van der Waals surface area (Å²) in [5.41, 5.74) is -0.0861. The maximum absolute atomic E-state index is 10.2. The number of unbranched alkanes of at least 4 members (excludes halogenated alkanes) is 2. The fraction of sp³-hybridized carbons (Fsp3) is 1.00. The molecule has 2 heteroatoms. The van der Waals surface area contributed by atoms with Gasteiger partial charge in [0.15, 0.2) is 0 Å². The third kappa shape index (κ3) is 4.52. The molecule has 15 heavy (non-hydrogen) atoms. The normalized spacial score (nSPS) is 14.6. The molecule has 1 atom stereocenters. The second-order valence-electron chi connectivity index (χ2n) is 4.84. The maximum Gasteiger partial charge on any atom is 0.0718 e. The van der Waals surface area contributed by atoms with Crippen molar-refractivity contribution >= 4 is 0 Å². The molecule has 0 aromatic heterocycles. The van der Waals surface area contributed by atoms with Gasteiger partial charge in [0, 0.05) is 5.54 Å². The molecule has 0 bridgehead atoms. The van der Waals surface area contributed by atoms with Crippen LogP contribution < -0.4 is 0 Å². The van der Waals surface area contributed by atoms with E-state index in [1.165, 1.54) is 12.8 Å². The van der Waals surface area contributed by atoms with Crippen molar-refractivity contribution in [3.05, 3.63) is 0 Å². The number of nitrogens with zero attached hydrogens (tertiary/aromatic N) is 1. The first-order chi connectivity index (χ1) is 7.00. The highest BCUT2D eigenvalue weighted by atomic mass is 16.3. The van der Waals surface area contributed by atoms with Crippen LogP contribution in [-0.2, 0) is 0 Å². The molecule has 0 spiro atoms. The summed E-state index contributed by atoms with van der Waals surface area (Å²) in [7, 11) is 0. The zero-order chi connectivity index (χ0) is 11.9. The van der Waals surface area contributed by atoms with Gasteiger partial charge in [-0.1, -0.05) is 40.0 Å². The van der Waals surface area contributed by atoms with Crippen LogP contribution in [0.15, 0.2) is 0 Å². The molecule has 0 rings (SSSR count). The summed E-state index contributed by atoms with van der Waals surface area (Å²) in [5, 5.41) is 10.2. The van der Waals surface area contributed by atoms with E-state index < -0.39 is 0 Å². The summed E-state index contributed by atoms with van der Waals surface area (Å²) < 4.78 is 0. The number of rotatable bonds is 8. The Morgan fingerprint density at radius 1 is 1.07 bits per heavy atom. The average Bonchev–Trinajstić information content (AvgIpc) is 2.19. The van der Waals surface area contributed by atoms with Crippen molar-refractivity contribution in [2.24, 2.45) is 0 Å². The highest BCUT2D eigenvalue weighted by molar-refractivity contribution is 4.87. The number of aliphatic hydroxyl groups excluding tert-OH is 1. The van der Waals surface area contributed by atoms with Gasteiger partial charge in [-0.05, 0) is 33.4 Å². The molecule has 0 aliphatic carbocycles. The van der Waals surface area contributed by atoms with Crippen molar-refractivity contribution in [1.29, 1.82) is 0 Å². The third-order valence-electron chi connectivity index (χ3n) is 3.48. The molecule has 0 saturated carbocycles. The first kappa shape index (κ1) is 14.9. The number of hydrogen-bond acceptors (Lipinski definition) is 2. The van der Waals surface area contributed by atoms with Crippen LogP contribution in [0.25, 0.3) is 0 Å². The van der Waals surface area contributed by atoms with Crippen LogP contribution in [0.3, 0.4) is 0 Å². The lowest BCUT2D eigenvalue weighted by atomic mass is 9.91. The number of aliphatic hydroxyl groups is 1. The van der Waals surface area contributed by atoms with Crippen molar-refractivity contribution in [3.8, 4) is 0 Å².